The van der Waals surface area contributed by atoms with Crippen LogP contribution in [0.1, 0.15) is 12.7 Å². The van der Waals surface area contributed by atoms with Gasteiger partial charge in [0, 0.05) is 18.7 Å². The highest BCUT2D eigenvalue weighted by Crippen LogP contribution is 2.11. The summed E-state index contributed by atoms with van der Waals surface area (Å²) in [7, 11) is 4.08. The first-order valence-electron chi connectivity index (χ1n) is 4.90. The zero-order valence-corrected chi connectivity index (χ0v) is 10.3. The Bertz CT molecular complexity index is 307. The number of hydrogen-bond donors (Lipinski definition) is 1. The van der Waals surface area contributed by atoms with Crippen molar-refractivity contribution < 1.29 is 0 Å². The average Bonchev–Trinajstić information content (AvgIpc) is 1.98. The first-order chi connectivity index (χ1) is 6.97. The van der Waals surface area contributed by atoms with Crippen molar-refractivity contribution in [2.24, 2.45) is 0 Å². The average molecular weight is 229 g/mol. The minimum absolute atomic E-state index is 0.324. The summed E-state index contributed by atoms with van der Waals surface area (Å²) in [6, 6.07) is 2.06. The topological polar surface area (TPSA) is 41.1 Å². The van der Waals surface area contributed by atoms with E-state index >= 15 is 0 Å². The van der Waals surface area contributed by atoms with E-state index in [-0.39, 0.29) is 0 Å². The van der Waals surface area contributed by atoms with Crippen molar-refractivity contribution >= 4 is 17.4 Å². The first kappa shape index (κ1) is 12.2. The van der Waals surface area contributed by atoms with Gasteiger partial charge in [-0.3, -0.25) is 0 Å². The number of aryl methyl sites for hydroxylation is 1. The maximum atomic E-state index is 5.84. The van der Waals surface area contributed by atoms with Crippen LogP contribution in [0.5, 0.6) is 0 Å². The Labute approximate surface area is 95.7 Å². The Morgan fingerprint density at radius 1 is 1.47 bits per heavy atom. The molecule has 0 saturated heterocycles. The van der Waals surface area contributed by atoms with E-state index < -0.39 is 0 Å². The lowest BCUT2D eigenvalue weighted by Gasteiger charge is -2.18. The van der Waals surface area contributed by atoms with Gasteiger partial charge >= 0.3 is 0 Å². The van der Waals surface area contributed by atoms with Crippen LogP contribution in [0.4, 0.5) is 5.82 Å². The van der Waals surface area contributed by atoms with E-state index in [2.05, 4.69) is 27.1 Å². The molecule has 0 aromatic carbocycles. The molecule has 0 amide bonds. The van der Waals surface area contributed by atoms with Gasteiger partial charge in [-0.05, 0) is 27.9 Å². The van der Waals surface area contributed by atoms with Crippen molar-refractivity contribution in [1.29, 1.82) is 0 Å². The van der Waals surface area contributed by atoms with Gasteiger partial charge in [0.25, 0.3) is 0 Å². The predicted octanol–water partition coefficient (Wildman–Crippen LogP) is 1.80. The van der Waals surface area contributed by atoms with Gasteiger partial charge in [-0.2, -0.15) is 0 Å². The molecule has 1 unspecified atom stereocenters. The standard InChI is InChI=1S/C10H17ClN4/c1-7(6-15(3)4)12-10-5-9(11)13-8(2)14-10/h5,7H,6H2,1-4H3,(H,12,13,14). The molecule has 1 heterocycles. The smallest absolute Gasteiger partial charge is 0.134 e. The molecular weight excluding hydrogens is 212 g/mol. The largest absolute Gasteiger partial charge is 0.366 e. The second-order valence-electron chi connectivity index (χ2n) is 3.93. The number of halogens is 1. The molecule has 0 aliphatic heterocycles. The first-order valence-corrected chi connectivity index (χ1v) is 5.27. The van der Waals surface area contributed by atoms with E-state index in [1.54, 1.807) is 6.07 Å². The Balaban J connectivity index is 2.63. The lowest BCUT2D eigenvalue weighted by molar-refractivity contribution is 0.392. The highest BCUT2D eigenvalue weighted by Gasteiger charge is 2.05. The summed E-state index contributed by atoms with van der Waals surface area (Å²) >= 11 is 5.84. The Morgan fingerprint density at radius 2 is 2.13 bits per heavy atom. The molecule has 5 heteroatoms. The summed E-state index contributed by atoms with van der Waals surface area (Å²) in [5, 5.41) is 3.75. The van der Waals surface area contributed by atoms with Gasteiger partial charge in [0.05, 0.1) is 0 Å². The van der Waals surface area contributed by atoms with Crippen molar-refractivity contribution in [2.75, 3.05) is 26.0 Å². The molecule has 0 spiro atoms. The van der Waals surface area contributed by atoms with Crippen molar-refractivity contribution in [2.45, 2.75) is 19.9 Å². The third kappa shape index (κ3) is 4.44. The number of nitrogens with one attached hydrogen (secondary N) is 1. The molecule has 1 aromatic heterocycles. The zero-order valence-electron chi connectivity index (χ0n) is 9.58. The quantitative estimate of drug-likeness (QED) is 0.798. The maximum absolute atomic E-state index is 5.84. The molecule has 0 aliphatic carbocycles. The van der Waals surface area contributed by atoms with Crippen molar-refractivity contribution in [3.05, 3.63) is 17.0 Å². The maximum Gasteiger partial charge on any atom is 0.134 e. The van der Waals surface area contributed by atoms with E-state index in [0.29, 0.717) is 17.0 Å². The summed E-state index contributed by atoms with van der Waals surface area (Å²) in [5.41, 5.74) is 0. The fourth-order valence-corrected chi connectivity index (χ4v) is 1.68. The van der Waals surface area contributed by atoms with Crippen LogP contribution in [0, 0.1) is 6.92 Å². The molecule has 1 atom stereocenters. The van der Waals surface area contributed by atoms with Crippen molar-refractivity contribution in [3.63, 3.8) is 0 Å². The molecule has 0 saturated carbocycles. The molecule has 4 nitrogen and oxygen atoms in total. The van der Waals surface area contributed by atoms with Crippen LogP contribution in [0.2, 0.25) is 5.15 Å². The van der Waals surface area contributed by atoms with Gasteiger partial charge in [-0.15, -0.1) is 0 Å². The molecule has 0 bridgehead atoms. The molecule has 0 aliphatic rings. The SMILES string of the molecule is Cc1nc(Cl)cc(NC(C)CN(C)C)n1. The fraction of sp³-hybridized carbons (Fsp3) is 0.600. The second kappa shape index (κ2) is 5.28. The van der Waals surface area contributed by atoms with Gasteiger partial charge in [-0.25, -0.2) is 9.97 Å². The predicted molar refractivity (Wildman–Crippen MR) is 63.4 cm³/mol. The number of anilines is 1. The molecule has 15 heavy (non-hydrogen) atoms. The summed E-state index contributed by atoms with van der Waals surface area (Å²) in [6.07, 6.45) is 0. The normalized spacial score (nSPS) is 12.9. The summed E-state index contributed by atoms with van der Waals surface area (Å²) in [6.45, 7) is 4.87. The number of likely N-dealkylation sites (N-methyl/N-ethyl adjacent to an activating group) is 1. The van der Waals surface area contributed by atoms with E-state index in [1.807, 2.05) is 21.0 Å². The Morgan fingerprint density at radius 3 is 2.67 bits per heavy atom. The van der Waals surface area contributed by atoms with Crippen LogP contribution >= 0.6 is 11.6 Å². The van der Waals surface area contributed by atoms with E-state index in [0.717, 1.165) is 12.4 Å². The monoisotopic (exact) mass is 228 g/mol. The third-order valence-corrected chi connectivity index (χ3v) is 2.03. The lowest BCUT2D eigenvalue weighted by atomic mass is 10.3. The lowest BCUT2D eigenvalue weighted by Crippen LogP contribution is -2.30. The van der Waals surface area contributed by atoms with Gasteiger partial charge in [0.15, 0.2) is 0 Å². The van der Waals surface area contributed by atoms with Gasteiger partial charge < -0.3 is 10.2 Å². The highest BCUT2D eigenvalue weighted by atomic mass is 35.5. The molecule has 84 valence electrons. The van der Waals surface area contributed by atoms with Crippen LogP contribution in [0.25, 0.3) is 0 Å². The number of aromatic nitrogens is 2. The molecule has 1 aromatic rings. The zero-order chi connectivity index (χ0) is 11.4. The Kier molecular flexibility index (Phi) is 4.29. The van der Waals surface area contributed by atoms with E-state index in [9.17, 15) is 0 Å². The van der Waals surface area contributed by atoms with E-state index in [1.165, 1.54) is 0 Å². The summed E-state index contributed by atoms with van der Waals surface area (Å²) < 4.78 is 0. The van der Waals surface area contributed by atoms with Crippen LogP contribution < -0.4 is 5.32 Å². The summed E-state index contributed by atoms with van der Waals surface area (Å²) in [5.74, 6) is 1.46. The fourth-order valence-electron chi connectivity index (χ4n) is 1.45. The molecule has 1 rings (SSSR count). The molecular formula is C10H17ClN4. The summed E-state index contributed by atoms with van der Waals surface area (Å²) in [4.78, 5) is 10.4. The molecule has 0 radical (unpaired) electrons. The van der Waals surface area contributed by atoms with E-state index in [4.69, 9.17) is 11.6 Å². The van der Waals surface area contributed by atoms with Crippen molar-refractivity contribution in [1.82, 2.24) is 14.9 Å². The van der Waals surface area contributed by atoms with Crippen molar-refractivity contribution in [3.8, 4) is 0 Å². The van der Waals surface area contributed by atoms with Crippen LogP contribution in [0.15, 0.2) is 6.07 Å². The van der Waals surface area contributed by atoms with Crippen LogP contribution in [-0.2, 0) is 0 Å². The second-order valence-corrected chi connectivity index (χ2v) is 4.32. The van der Waals surface area contributed by atoms with Crippen LogP contribution in [-0.4, -0.2) is 41.5 Å². The van der Waals surface area contributed by atoms with Gasteiger partial charge in [-0.1, -0.05) is 11.6 Å². The highest BCUT2D eigenvalue weighted by molar-refractivity contribution is 6.29. The van der Waals surface area contributed by atoms with Gasteiger partial charge in [0.1, 0.15) is 16.8 Å². The molecule has 1 N–H and O–H groups in total. The minimum Gasteiger partial charge on any atom is -0.366 e. The number of hydrogen-bond acceptors (Lipinski definition) is 4. The third-order valence-electron chi connectivity index (χ3n) is 1.84. The number of nitrogens with zero attached hydrogens (tertiary/aromatic N) is 3. The van der Waals surface area contributed by atoms with Gasteiger partial charge in [0.2, 0.25) is 0 Å². The minimum atomic E-state index is 0.324. The number of rotatable bonds is 4. The Hall–Kier alpha value is -0.870. The molecule has 0 fully saturated rings. The van der Waals surface area contributed by atoms with Crippen LogP contribution in [0.3, 0.4) is 0 Å².